The number of anilines is 2. The minimum Gasteiger partial charge on any atom is -0.495 e. The zero-order valence-electron chi connectivity index (χ0n) is 22.8. The molecule has 0 saturated carbocycles. The van der Waals surface area contributed by atoms with Crippen molar-refractivity contribution in [3.05, 3.63) is 41.0 Å². The summed E-state index contributed by atoms with van der Waals surface area (Å²) in [5.41, 5.74) is 1.59. The number of pyridine rings is 1. The Bertz CT molecular complexity index is 1410. The van der Waals surface area contributed by atoms with Gasteiger partial charge < -0.3 is 34.9 Å². The first kappa shape index (κ1) is 29.1. The molecule has 2 fully saturated rings. The lowest BCUT2D eigenvalue weighted by atomic mass is 10.0. The summed E-state index contributed by atoms with van der Waals surface area (Å²) in [5, 5.41) is 11.1. The van der Waals surface area contributed by atoms with Gasteiger partial charge in [0, 0.05) is 48.9 Å². The molecule has 41 heavy (non-hydrogen) atoms. The predicted molar refractivity (Wildman–Crippen MR) is 158 cm³/mol. The van der Waals surface area contributed by atoms with Crippen LogP contribution in [0, 0.1) is 5.92 Å². The molecule has 2 saturated heterocycles. The third-order valence-electron chi connectivity index (χ3n) is 7.16. The van der Waals surface area contributed by atoms with Gasteiger partial charge in [-0.3, -0.25) is 4.79 Å². The Morgan fingerprint density at radius 1 is 1.07 bits per heavy atom. The van der Waals surface area contributed by atoms with Crippen LogP contribution in [0.5, 0.6) is 11.5 Å². The normalized spacial score (nSPS) is 20.4. The van der Waals surface area contributed by atoms with Crippen molar-refractivity contribution >= 4 is 51.8 Å². The number of carbonyl (C=O) groups excluding carboxylic acids is 1. The van der Waals surface area contributed by atoms with E-state index in [1.54, 1.807) is 12.3 Å². The first-order chi connectivity index (χ1) is 19.9. The minimum absolute atomic E-state index is 0.165. The Hall–Kier alpha value is -3.38. The van der Waals surface area contributed by atoms with E-state index in [4.69, 9.17) is 52.1 Å². The van der Waals surface area contributed by atoms with Crippen LogP contribution in [-0.4, -0.2) is 80.1 Å². The van der Waals surface area contributed by atoms with Crippen molar-refractivity contribution in [2.45, 2.75) is 24.9 Å². The molecule has 5 rings (SSSR count). The van der Waals surface area contributed by atoms with Crippen LogP contribution in [0.15, 0.2) is 31.0 Å². The lowest BCUT2D eigenvalue weighted by Crippen LogP contribution is -2.52. The molecule has 1 unspecified atom stereocenters. The molecule has 1 amide bonds. The lowest BCUT2D eigenvalue weighted by Gasteiger charge is -2.32. The molecule has 2 aliphatic rings. The molecular weight excluding hydrogens is 571 g/mol. The van der Waals surface area contributed by atoms with Crippen molar-refractivity contribution in [2.24, 2.45) is 5.92 Å². The molecule has 0 bridgehead atoms. The number of rotatable bonds is 10. The van der Waals surface area contributed by atoms with Gasteiger partial charge in [0.1, 0.15) is 17.0 Å². The van der Waals surface area contributed by atoms with E-state index in [1.807, 2.05) is 6.07 Å². The maximum absolute atomic E-state index is 12.0. The van der Waals surface area contributed by atoms with Crippen LogP contribution in [0.1, 0.15) is 12.8 Å². The van der Waals surface area contributed by atoms with E-state index >= 15 is 0 Å². The first-order valence-corrected chi connectivity index (χ1v) is 14.0. The van der Waals surface area contributed by atoms with Gasteiger partial charge in [-0.05, 0) is 25.0 Å². The summed E-state index contributed by atoms with van der Waals surface area (Å²) in [4.78, 5) is 26.3. The third kappa shape index (κ3) is 6.43. The van der Waals surface area contributed by atoms with Crippen LogP contribution in [0.4, 0.5) is 11.8 Å². The van der Waals surface area contributed by atoms with Crippen LogP contribution in [0.2, 0.25) is 10.0 Å². The van der Waals surface area contributed by atoms with Gasteiger partial charge in [-0.2, -0.15) is 0 Å². The maximum atomic E-state index is 12.0. The van der Waals surface area contributed by atoms with Gasteiger partial charge in [0.15, 0.2) is 5.82 Å². The maximum Gasteiger partial charge on any atom is 0.243 e. The Morgan fingerprint density at radius 3 is 2.49 bits per heavy atom. The van der Waals surface area contributed by atoms with Crippen molar-refractivity contribution < 1.29 is 23.7 Å². The van der Waals surface area contributed by atoms with Gasteiger partial charge in [0.2, 0.25) is 11.9 Å². The summed E-state index contributed by atoms with van der Waals surface area (Å²) in [6, 6.07) is 3.06. The van der Waals surface area contributed by atoms with Crippen LogP contribution in [0.25, 0.3) is 22.2 Å². The van der Waals surface area contributed by atoms with Gasteiger partial charge in [-0.25, -0.2) is 15.0 Å². The van der Waals surface area contributed by atoms with Gasteiger partial charge in [-0.1, -0.05) is 29.8 Å². The lowest BCUT2D eigenvalue weighted by molar-refractivity contribution is -0.117. The van der Waals surface area contributed by atoms with Gasteiger partial charge >= 0.3 is 0 Å². The van der Waals surface area contributed by atoms with E-state index in [0.29, 0.717) is 88.8 Å². The number of ether oxygens (including phenoxy) is 4. The summed E-state index contributed by atoms with van der Waals surface area (Å²) in [5.74, 6) is 1.84. The molecule has 2 aliphatic heterocycles. The fourth-order valence-electron chi connectivity index (χ4n) is 4.92. The number of halogens is 2. The molecule has 0 radical (unpaired) electrons. The summed E-state index contributed by atoms with van der Waals surface area (Å²) in [7, 11) is 3.05. The average Bonchev–Trinajstić information content (AvgIpc) is 3.51. The van der Waals surface area contributed by atoms with Crippen LogP contribution in [-0.2, 0) is 14.3 Å². The highest BCUT2D eigenvalue weighted by atomic mass is 35.5. The number of amides is 1. The largest absolute Gasteiger partial charge is 0.495 e. The summed E-state index contributed by atoms with van der Waals surface area (Å²) < 4.78 is 22.1. The highest BCUT2D eigenvalue weighted by Crippen LogP contribution is 2.46. The van der Waals surface area contributed by atoms with Crippen molar-refractivity contribution in [3.8, 4) is 22.8 Å². The number of benzene rings is 1. The number of carbonyl (C=O) groups is 1. The molecule has 0 aliphatic carbocycles. The monoisotopic (exact) mass is 602 g/mol. The van der Waals surface area contributed by atoms with Crippen molar-refractivity contribution in [2.75, 3.05) is 57.8 Å². The van der Waals surface area contributed by atoms with E-state index < -0.39 is 0 Å². The quantitative estimate of drug-likeness (QED) is 0.288. The van der Waals surface area contributed by atoms with E-state index in [1.165, 1.54) is 20.3 Å². The second kappa shape index (κ2) is 13.1. The predicted octanol–water partition coefficient (Wildman–Crippen LogP) is 4.34. The standard InChI is InChI=1S/C28H32Cl2N6O5/c1-4-22(37)33-17-6-8-41-14-19(17)35-28-32-12-16-9-18(23-24(29)20(38-2)10-21(39-3)25(23)30)34-27(26(16)36-28)31-11-15-5-7-40-13-15/h4,9-10,12,15,17,19H,1,5-8,11,13-14H2,2-3H3,(H,31,34)(H,33,37)(H,32,35,36)/t15?,17-,19+/m0/s1. The minimum atomic E-state index is -0.242. The number of fused-ring (bicyclic) bond motifs is 1. The molecule has 0 spiro atoms. The molecule has 2 aromatic heterocycles. The molecule has 11 nitrogen and oxygen atoms in total. The molecule has 13 heteroatoms. The number of hydrogen-bond acceptors (Lipinski definition) is 10. The molecule has 4 heterocycles. The van der Waals surface area contributed by atoms with E-state index in [2.05, 4.69) is 27.5 Å². The number of methoxy groups -OCH3 is 2. The topological polar surface area (TPSA) is 129 Å². The van der Waals surface area contributed by atoms with Crippen molar-refractivity contribution in [1.29, 1.82) is 0 Å². The van der Waals surface area contributed by atoms with E-state index in [-0.39, 0.29) is 18.0 Å². The summed E-state index contributed by atoms with van der Waals surface area (Å²) in [6.07, 6.45) is 4.57. The van der Waals surface area contributed by atoms with Crippen molar-refractivity contribution in [1.82, 2.24) is 20.3 Å². The smallest absolute Gasteiger partial charge is 0.243 e. The van der Waals surface area contributed by atoms with E-state index in [0.717, 1.165) is 18.4 Å². The van der Waals surface area contributed by atoms with Crippen LogP contribution in [0.3, 0.4) is 0 Å². The molecule has 3 aromatic rings. The molecule has 1 aromatic carbocycles. The fourth-order valence-corrected chi connectivity index (χ4v) is 5.61. The average molecular weight is 604 g/mol. The van der Waals surface area contributed by atoms with E-state index in [9.17, 15) is 4.79 Å². The third-order valence-corrected chi connectivity index (χ3v) is 7.91. The Kier molecular flexibility index (Phi) is 9.29. The first-order valence-electron chi connectivity index (χ1n) is 13.3. The number of nitrogens with zero attached hydrogens (tertiary/aromatic N) is 3. The number of hydrogen-bond donors (Lipinski definition) is 3. The second-order valence-electron chi connectivity index (χ2n) is 9.82. The number of nitrogens with one attached hydrogen (secondary N) is 3. The molecular formula is C28H32Cl2N6O5. The van der Waals surface area contributed by atoms with Crippen LogP contribution < -0.4 is 25.4 Å². The second-order valence-corrected chi connectivity index (χ2v) is 10.6. The zero-order valence-corrected chi connectivity index (χ0v) is 24.3. The zero-order chi connectivity index (χ0) is 28.9. The van der Waals surface area contributed by atoms with Crippen LogP contribution >= 0.6 is 23.2 Å². The number of aromatic nitrogens is 3. The van der Waals surface area contributed by atoms with Crippen molar-refractivity contribution in [3.63, 3.8) is 0 Å². The molecule has 3 atom stereocenters. The Labute approximate surface area is 247 Å². The summed E-state index contributed by atoms with van der Waals surface area (Å²) >= 11 is 13.4. The fraction of sp³-hybridized carbons (Fsp3) is 0.429. The Balaban J connectivity index is 1.54. The van der Waals surface area contributed by atoms with Gasteiger partial charge in [0.25, 0.3) is 0 Å². The summed E-state index contributed by atoms with van der Waals surface area (Å²) in [6.45, 7) is 6.54. The highest BCUT2D eigenvalue weighted by molar-refractivity contribution is 6.41. The Morgan fingerprint density at radius 2 is 1.80 bits per heavy atom. The highest BCUT2D eigenvalue weighted by Gasteiger charge is 2.28. The van der Waals surface area contributed by atoms with Gasteiger partial charge in [0.05, 0.1) is 55.3 Å². The molecule has 218 valence electrons. The SMILES string of the molecule is C=CC(=O)N[C@H]1CCOC[C@H]1Nc1ncc2cc(-c3c(Cl)c(OC)cc(OC)c3Cl)nc(NCC3CCOC3)c2n1. The van der Waals surface area contributed by atoms with Gasteiger partial charge in [-0.15, -0.1) is 0 Å². The molecule has 3 N–H and O–H groups in total.